The summed E-state index contributed by atoms with van der Waals surface area (Å²) in [6, 6.07) is 5.00. The SMILES string of the molecule is Cc1n[nH]c(C)c1CC(=O)N1Cc2cccc(F)c2C1. The van der Waals surface area contributed by atoms with Crippen molar-refractivity contribution in [1.82, 2.24) is 15.1 Å². The number of nitrogens with one attached hydrogen (secondary N) is 1. The minimum absolute atomic E-state index is 0.00759. The molecule has 5 heteroatoms. The van der Waals surface area contributed by atoms with Gasteiger partial charge in [-0.3, -0.25) is 9.89 Å². The van der Waals surface area contributed by atoms with Crippen LogP contribution in [0.2, 0.25) is 0 Å². The second-order valence-corrected chi connectivity index (χ2v) is 5.22. The first-order valence-corrected chi connectivity index (χ1v) is 6.60. The Morgan fingerprint density at radius 3 is 2.85 bits per heavy atom. The summed E-state index contributed by atoms with van der Waals surface area (Å²) in [7, 11) is 0. The Balaban J connectivity index is 1.77. The quantitative estimate of drug-likeness (QED) is 0.912. The zero-order chi connectivity index (χ0) is 14.3. The Bertz CT molecular complexity index is 658. The van der Waals surface area contributed by atoms with Crippen LogP contribution in [-0.4, -0.2) is 21.0 Å². The molecule has 0 spiro atoms. The van der Waals surface area contributed by atoms with Gasteiger partial charge in [-0.25, -0.2) is 4.39 Å². The van der Waals surface area contributed by atoms with Gasteiger partial charge in [0.15, 0.2) is 0 Å². The van der Waals surface area contributed by atoms with Crippen LogP contribution in [0.25, 0.3) is 0 Å². The van der Waals surface area contributed by atoms with Gasteiger partial charge in [0, 0.05) is 29.9 Å². The van der Waals surface area contributed by atoms with E-state index < -0.39 is 0 Å². The van der Waals surface area contributed by atoms with E-state index in [1.807, 2.05) is 19.9 Å². The van der Waals surface area contributed by atoms with Crippen LogP contribution in [0.4, 0.5) is 4.39 Å². The van der Waals surface area contributed by atoms with Gasteiger partial charge in [0.05, 0.1) is 12.1 Å². The normalized spacial score (nSPS) is 13.7. The molecule has 1 aliphatic rings. The second-order valence-electron chi connectivity index (χ2n) is 5.22. The average Bonchev–Trinajstić information content (AvgIpc) is 2.98. The third kappa shape index (κ3) is 2.09. The Morgan fingerprint density at radius 1 is 1.40 bits per heavy atom. The lowest BCUT2D eigenvalue weighted by atomic mass is 10.1. The number of carbonyl (C=O) groups excluding carboxylic acids is 1. The van der Waals surface area contributed by atoms with Gasteiger partial charge < -0.3 is 4.90 Å². The van der Waals surface area contributed by atoms with Crippen LogP contribution in [0.1, 0.15) is 28.1 Å². The van der Waals surface area contributed by atoms with E-state index >= 15 is 0 Å². The zero-order valence-electron chi connectivity index (χ0n) is 11.5. The molecule has 1 aromatic carbocycles. The number of H-pyrrole nitrogens is 1. The van der Waals surface area contributed by atoms with Crippen LogP contribution in [0, 0.1) is 19.7 Å². The third-order valence-electron chi connectivity index (χ3n) is 3.89. The molecular weight excluding hydrogens is 257 g/mol. The second kappa shape index (κ2) is 4.74. The number of fused-ring (bicyclic) bond motifs is 1. The van der Waals surface area contributed by atoms with Crippen LogP contribution in [0.3, 0.4) is 0 Å². The number of benzene rings is 1. The summed E-state index contributed by atoms with van der Waals surface area (Å²) in [4.78, 5) is 14.1. The van der Waals surface area contributed by atoms with Crippen molar-refractivity contribution in [3.8, 4) is 0 Å². The van der Waals surface area contributed by atoms with Crippen LogP contribution < -0.4 is 0 Å². The van der Waals surface area contributed by atoms with E-state index in [0.29, 0.717) is 25.1 Å². The molecule has 0 bridgehead atoms. The van der Waals surface area contributed by atoms with Crippen molar-refractivity contribution >= 4 is 5.91 Å². The van der Waals surface area contributed by atoms with Crippen LogP contribution in [-0.2, 0) is 24.3 Å². The maximum atomic E-state index is 13.7. The highest BCUT2D eigenvalue weighted by Gasteiger charge is 2.26. The van der Waals surface area contributed by atoms with E-state index in [2.05, 4.69) is 10.2 Å². The third-order valence-corrected chi connectivity index (χ3v) is 3.89. The monoisotopic (exact) mass is 273 g/mol. The molecule has 20 heavy (non-hydrogen) atoms. The molecule has 0 unspecified atom stereocenters. The van der Waals surface area contributed by atoms with Crippen molar-refractivity contribution in [3.05, 3.63) is 52.1 Å². The highest BCUT2D eigenvalue weighted by Crippen LogP contribution is 2.26. The molecule has 1 aromatic heterocycles. The summed E-state index contributed by atoms with van der Waals surface area (Å²) in [5.41, 5.74) is 4.24. The van der Waals surface area contributed by atoms with Crippen molar-refractivity contribution in [2.24, 2.45) is 0 Å². The predicted octanol–water partition coefficient (Wildman–Crippen LogP) is 2.25. The van der Waals surface area contributed by atoms with Crippen molar-refractivity contribution in [3.63, 3.8) is 0 Å². The van der Waals surface area contributed by atoms with E-state index in [-0.39, 0.29) is 11.7 Å². The number of aromatic nitrogens is 2. The smallest absolute Gasteiger partial charge is 0.227 e. The molecule has 0 saturated heterocycles. The van der Waals surface area contributed by atoms with Crippen LogP contribution in [0.15, 0.2) is 18.2 Å². The molecule has 0 fully saturated rings. The van der Waals surface area contributed by atoms with Crippen LogP contribution in [0.5, 0.6) is 0 Å². The van der Waals surface area contributed by atoms with Gasteiger partial charge in [0.25, 0.3) is 0 Å². The molecule has 2 aromatic rings. The summed E-state index contributed by atoms with van der Waals surface area (Å²) >= 11 is 0. The molecule has 0 aliphatic carbocycles. The van der Waals surface area contributed by atoms with E-state index in [1.165, 1.54) is 6.07 Å². The van der Waals surface area contributed by atoms with Gasteiger partial charge in [-0.2, -0.15) is 5.10 Å². The Morgan fingerprint density at radius 2 is 2.20 bits per heavy atom. The van der Waals surface area contributed by atoms with Crippen molar-refractivity contribution in [1.29, 1.82) is 0 Å². The molecule has 2 heterocycles. The highest BCUT2D eigenvalue weighted by molar-refractivity contribution is 5.80. The van der Waals surface area contributed by atoms with Gasteiger partial charge in [-0.15, -0.1) is 0 Å². The zero-order valence-corrected chi connectivity index (χ0v) is 11.5. The molecule has 4 nitrogen and oxygen atoms in total. The topological polar surface area (TPSA) is 49.0 Å². The Hall–Kier alpha value is -2.17. The Labute approximate surface area is 116 Å². The van der Waals surface area contributed by atoms with Gasteiger partial charge >= 0.3 is 0 Å². The summed E-state index contributed by atoms with van der Waals surface area (Å²) in [6.45, 7) is 4.63. The number of hydrogen-bond donors (Lipinski definition) is 1. The maximum absolute atomic E-state index is 13.7. The number of carbonyl (C=O) groups is 1. The van der Waals surface area contributed by atoms with E-state index in [9.17, 15) is 9.18 Å². The standard InChI is InChI=1S/C15H16FN3O/c1-9-12(10(2)18-17-9)6-15(20)19-7-11-4-3-5-14(16)13(11)8-19/h3-5H,6-8H2,1-2H3,(H,17,18). The van der Waals surface area contributed by atoms with E-state index in [1.54, 1.807) is 11.0 Å². The van der Waals surface area contributed by atoms with Crippen molar-refractivity contribution in [2.45, 2.75) is 33.4 Å². The molecule has 104 valence electrons. The summed E-state index contributed by atoms with van der Waals surface area (Å²) in [6.07, 6.45) is 0.309. The van der Waals surface area contributed by atoms with Crippen molar-refractivity contribution in [2.75, 3.05) is 0 Å². The van der Waals surface area contributed by atoms with Gasteiger partial charge in [-0.1, -0.05) is 12.1 Å². The van der Waals surface area contributed by atoms with Gasteiger partial charge in [-0.05, 0) is 25.5 Å². The average molecular weight is 273 g/mol. The van der Waals surface area contributed by atoms with E-state index in [0.717, 1.165) is 22.5 Å². The molecule has 0 radical (unpaired) electrons. The fraction of sp³-hybridized carbons (Fsp3) is 0.333. The highest BCUT2D eigenvalue weighted by atomic mass is 19.1. The molecule has 0 saturated carbocycles. The molecule has 0 atom stereocenters. The lowest BCUT2D eigenvalue weighted by Gasteiger charge is -2.15. The fourth-order valence-electron chi connectivity index (χ4n) is 2.65. The lowest BCUT2D eigenvalue weighted by molar-refractivity contribution is -0.131. The van der Waals surface area contributed by atoms with Gasteiger partial charge in [0.2, 0.25) is 5.91 Å². The minimum Gasteiger partial charge on any atom is -0.334 e. The van der Waals surface area contributed by atoms with Crippen molar-refractivity contribution < 1.29 is 9.18 Å². The summed E-state index contributed by atoms with van der Waals surface area (Å²) in [5.74, 6) is -0.221. The molecular formula is C15H16FN3O. The number of nitrogens with zero attached hydrogens (tertiary/aromatic N) is 2. The van der Waals surface area contributed by atoms with E-state index in [4.69, 9.17) is 0 Å². The molecule has 1 N–H and O–H groups in total. The molecule has 1 aliphatic heterocycles. The fourth-order valence-corrected chi connectivity index (χ4v) is 2.65. The van der Waals surface area contributed by atoms with Gasteiger partial charge in [0.1, 0.15) is 5.82 Å². The first-order chi connectivity index (χ1) is 9.56. The van der Waals surface area contributed by atoms with Crippen LogP contribution >= 0.6 is 0 Å². The minimum atomic E-state index is -0.228. The maximum Gasteiger partial charge on any atom is 0.227 e. The largest absolute Gasteiger partial charge is 0.334 e. The molecule has 3 rings (SSSR count). The molecule has 1 amide bonds. The predicted molar refractivity (Wildman–Crippen MR) is 72.4 cm³/mol. The summed E-state index contributed by atoms with van der Waals surface area (Å²) < 4.78 is 13.7. The number of rotatable bonds is 2. The number of aromatic amines is 1. The number of hydrogen-bond acceptors (Lipinski definition) is 2. The summed E-state index contributed by atoms with van der Waals surface area (Å²) in [5, 5.41) is 6.97. The number of aryl methyl sites for hydroxylation is 2. The number of halogens is 1. The first-order valence-electron chi connectivity index (χ1n) is 6.60. The Kier molecular flexibility index (Phi) is 3.04. The number of amides is 1. The first kappa shape index (κ1) is 12.8. The lowest BCUT2D eigenvalue weighted by Crippen LogP contribution is -2.27.